The van der Waals surface area contributed by atoms with Crippen molar-refractivity contribution in [2.75, 3.05) is 6.61 Å². The molecule has 1 saturated carbocycles. The number of carbonyl (C=O) groups excluding carboxylic acids is 3. The van der Waals surface area contributed by atoms with Crippen LogP contribution >= 0.6 is 0 Å². The number of aliphatic hydroxyl groups is 1. The molecule has 0 aromatic rings. The molecule has 3 heterocycles. The normalized spacial score (nSPS) is 40.2. The van der Waals surface area contributed by atoms with Gasteiger partial charge in [-0.15, -0.1) is 0 Å². The average Bonchev–Trinajstić information content (AvgIpc) is 3.32. The number of aliphatic hydroxyl groups excluding tert-OH is 1. The predicted octanol–water partition coefficient (Wildman–Crippen LogP) is 0.0953. The van der Waals surface area contributed by atoms with E-state index in [0.717, 1.165) is 32.1 Å². The summed E-state index contributed by atoms with van der Waals surface area (Å²) in [6.07, 6.45) is 1.41. The molecule has 138 valence electrons. The standard InChI is InChI=1S/C17H22O8/c1-2-17(5-3-4-6-17)25-16(21)10-9-11-14(24-15(9)20)13(12(10)23-11)22-8(19)7-18/h9-14,18H,2-7H2,1H3. The molecule has 3 saturated heterocycles. The highest BCUT2D eigenvalue weighted by atomic mass is 16.7. The lowest BCUT2D eigenvalue weighted by molar-refractivity contribution is -0.174. The van der Waals surface area contributed by atoms with E-state index in [1.807, 2.05) is 6.92 Å². The highest BCUT2D eigenvalue weighted by Crippen LogP contribution is 2.52. The molecule has 0 aromatic heterocycles. The molecule has 8 nitrogen and oxygen atoms in total. The van der Waals surface area contributed by atoms with Gasteiger partial charge in [-0.3, -0.25) is 9.59 Å². The van der Waals surface area contributed by atoms with Crippen molar-refractivity contribution in [1.29, 1.82) is 0 Å². The fraction of sp³-hybridized carbons (Fsp3) is 0.824. The Morgan fingerprint density at radius 2 is 1.96 bits per heavy atom. The number of ether oxygens (including phenoxy) is 4. The van der Waals surface area contributed by atoms with Gasteiger partial charge in [0.05, 0.1) is 0 Å². The van der Waals surface area contributed by atoms with Gasteiger partial charge in [-0.1, -0.05) is 6.92 Å². The van der Waals surface area contributed by atoms with Crippen molar-refractivity contribution < 1.29 is 38.4 Å². The molecule has 8 heteroatoms. The lowest BCUT2D eigenvalue weighted by Crippen LogP contribution is -2.49. The van der Waals surface area contributed by atoms with E-state index in [9.17, 15) is 14.4 Å². The van der Waals surface area contributed by atoms with Crippen LogP contribution in [-0.4, -0.2) is 59.6 Å². The summed E-state index contributed by atoms with van der Waals surface area (Å²) in [6, 6.07) is 0. The molecule has 2 bridgehead atoms. The predicted molar refractivity (Wildman–Crippen MR) is 80.1 cm³/mol. The molecule has 0 aromatic carbocycles. The summed E-state index contributed by atoms with van der Waals surface area (Å²) in [5.74, 6) is -3.38. The quantitative estimate of drug-likeness (QED) is 0.547. The fourth-order valence-electron chi connectivity index (χ4n) is 4.76. The third-order valence-corrected chi connectivity index (χ3v) is 6.05. The molecular weight excluding hydrogens is 332 g/mol. The molecule has 4 aliphatic rings. The van der Waals surface area contributed by atoms with Gasteiger partial charge in [-0.2, -0.15) is 0 Å². The van der Waals surface area contributed by atoms with Gasteiger partial charge in [0.2, 0.25) is 0 Å². The number of carbonyl (C=O) groups is 3. The summed E-state index contributed by atoms with van der Waals surface area (Å²) in [4.78, 5) is 36.6. The maximum absolute atomic E-state index is 12.9. The Labute approximate surface area is 144 Å². The van der Waals surface area contributed by atoms with Crippen LogP contribution in [0.25, 0.3) is 0 Å². The van der Waals surface area contributed by atoms with Gasteiger partial charge in [-0.05, 0) is 32.1 Å². The molecule has 1 N–H and O–H groups in total. The molecular formula is C17H22O8. The van der Waals surface area contributed by atoms with Crippen LogP contribution in [0.3, 0.4) is 0 Å². The summed E-state index contributed by atoms with van der Waals surface area (Å²) in [7, 11) is 0. The van der Waals surface area contributed by atoms with Crippen LogP contribution in [0.2, 0.25) is 0 Å². The third kappa shape index (κ3) is 2.45. The first-order chi connectivity index (χ1) is 12.0. The lowest BCUT2D eigenvalue weighted by atomic mass is 9.78. The summed E-state index contributed by atoms with van der Waals surface area (Å²) >= 11 is 0. The molecule has 3 aliphatic heterocycles. The molecule has 0 spiro atoms. The van der Waals surface area contributed by atoms with Crippen molar-refractivity contribution in [2.45, 2.75) is 69.0 Å². The van der Waals surface area contributed by atoms with Crippen LogP contribution in [0, 0.1) is 11.8 Å². The molecule has 0 amide bonds. The van der Waals surface area contributed by atoms with E-state index in [4.69, 9.17) is 24.1 Å². The second kappa shape index (κ2) is 5.95. The smallest absolute Gasteiger partial charge is 0.332 e. The molecule has 4 fully saturated rings. The number of hydrogen-bond donors (Lipinski definition) is 1. The minimum atomic E-state index is -0.883. The highest BCUT2D eigenvalue weighted by molar-refractivity contribution is 5.87. The Morgan fingerprint density at radius 3 is 2.60 bits per heavy atom. The summed E-state index contributed by atoms with van der Waals surface area (Å²) in [6.45, 7) is 1.20. The van der Waals surface area contributed by atoms with Crippen LogP contribution in [0.1, 0.15) is 39.0 Å². The van der Waals surface area contributed by atoms with E-state index in [0.29, 0.717) is 0 Å². The van der Waals surface area contributed by atoms with Gasteiger partial charge >= 0.3 is 17.9 Å². The largest absolute Gasteiger partial charge is 0.459 e. The number of fused-ring (bicyclic) bond motifs is 1. The minimum Gasteiger partial charge on any atom is -0.459 e. The van der Waals surface area contributed by atoms with Gasteiger partial charge in [0.25, 0.3) is 0 Å². The van der Waals surface area contributed by atoms with E-state index in [2.05, 4.69) is 0 Å². The fourth-order valence-corrected chi connectivity index (χ4v) is 4.76. The van der Waals surface area contributed by atoms with Gasteiger partial charge < -0.3 is 24.1 Å². The van der Waals surface area contributed by atoms with Crippen LogP contribution in [0.4, 0.5) is 0 Å². The summed E-state index contributed by atoms with van der Waals surface area (Å²) in [5.41, 5.74) is -0.474. The van der Waals surface area contributed by atoms with Crippen LogP contribution in [-0.2, 0) is 33.3 Å². The van der Waals surface area contributed by atoms with Crippen molar-refractivity contribution in [3.8, 4) is 0 Å². The SMILES string of the molecule is CCC1(OC(=O)C2C3OC4C(OC(=O)C42)C3OC(=O)CO)CCCC1. The molecule has 4 rings (SSSR count). The summed E-state index contributed by atoms with van der Waals surface area (Å²) in [5, 5.41) is 8.90. The zero-order valence-electron chi connectivity index (χ0n) is 14.0. The van der Waals surface area contributed by atoms with Crippen molar-refractivity contribution in [3.63, 3.8) is 0 Å². The Bertz CT molecular complexity index is 595. The first-order valence-electron chi connectivity index (χ1n) is 8.89. The Hall–Kier alpha value is -1.67. The van der Waals surface area contributed by atoms with E-state index in [-0.39, 0.29) is 0 Å². The molecule has 6 atom stereocenters. The number of hydrogen-bond acceptors (Lipinski definition) is 8. The second-order valence-corrected chi connectivity index (χ2v) is 7.30. The molecule has 25 heavy (non-hydrogen) atoms. The zero-order chi connectivity index (χ0) is 17.8. The van der Waals surface area contributed by atoms with Crippen LogP contribution < -0.4 is 0 Å². The number of rotatable bonds is 5. The van der Waals surface area contributed by atoms with Gasteiger partial charge in [-0.25, -0.2) is 4.79 Å². The third-order valence-electron chi connectivity index (χ3n) is 6.05. The molecule has 0 radical (unpaired) electrons. The van der Waals surface area contributed by atoms with E-state index >= 15 is 0 Å². The van der Waals surface area contributed by atoms with Crippen LogP contribution in [0.5, 0.6) is 0 Å². The molecule has 6 unspecified atom stereocenters. The van der Waals surface area contributed by atoms with Crippen LogP contribution in [0.15, 0.2) is 0 Å². The topological polar surface area (TPSA) is 108 Å². The van der Waals surface area contributed by atoms with Crippen molar-refractivity contribution >= 4 is 17.9 Å². The average molecular weight is 354 g/mol. The maximum Gasteiger partial charge on any atom is 0.332 e. The van der Waals surface area contributed by atoms with Gasteiger partial charge in [0.15, 0.2) is 12.2 Å². The lowest BCUT2D eigenvalue weighted by Gasteiger charge is -2.32. The minimum absolute atomic E-state index is 0.474. The van der Waals surface area contributed by atoms with Crippen molar-refractivity contribution in [3.05, 3.63) is 0 Å². The molecule has 1 aliphatic carbocycles. The first kappa shape index (κ1) is 16.8. The monoisotopic (exact) mass is 354 g/mol. The maximum atomic E-state index is 12.9. The van der Waals surface area contributed by atoms with E-state index in [1.165, 1.54) is 0 Å². The van der Waals surface area contributed by atoms with E-state index in [1.54, 1.807) is 0 Å². The second-order valence-electron chi connectivity index (χ2n) is 7.30. The first-order valence-corrected chi connectivity index (χ1v) is 8.89. The van der Waals surface area contributed by atoms with E-state index < -0.39 is 66.4 Å². The van der Waals surface area contributed by atoms with Crippen molar-refractivity contribution in [1.82, 2.24) is 0 Å². The Balaban J connectivity index is 1.55. The Morgan fingerprint density at radius 1 is 1.24 bits per heavy atom. The highest BCUT2D eigenvalue weighted by Gasteiger charge is 2.72. The Kier molecular flexibility index (Phi) is 3.99. The van der Waals surface area contributed by atoms with Crippen molar-refractivity contribution in [2.24, 2.45) is 11.8 Å². The summed E-state index contributed by atoms with van der Waals surface area (Å²) < 4.78 is 22.0. The van der Waals surface area contributed by atoms with Gasteiger partial charge in [0, 0.05) is 0 Å². The number of esters is 3. The van der Waals surface area contributed by atoms with Gasteiger partial charge in [0.1, 0.15) is 36.3 Å². The zero-order valence-corrected chi connectivity index (χ0v) is 14.0.